The maximum Gasteiger partial charge on any atom is 0.209 e. The van der Waals surface area contributed by atoms with E-state index in [-0.39, 0.29) is 11.6 Å². The molecule has 1 rings (SSSR count). The van der Waals surface area contributed by atoms with Gasteiger partial charge in [-0.25, -0.2) is 4.68 Å². The third-order valence-corrected chi connectivity index (χ3v) is 3.13. The largest absolute Gasteiger partial charge is 0.393 e. The molecule has 1 aromatic rings. The van der Waals surface area contributed by atoms with Gasteiger partial charge in [0.2, 0.25) is 5.16 Å². The number of hydrogen-bond acceptors (Lipinski definition) is 6. The van der Waals surface area contributed by atoms with Crippen LogP contribution in [0.1, 0.15) is 27.7 Å². The van der Waals surface area contributed by atoms with Crippen LogP contribution in [0.15, 0.2) is 5.16 Å². The van der Waals surface area contributed by atoms with Crippen molar-refractivity contribution in [1.29, 1.82) is 0 Å². The first-order valence-electron chi connectivity index (χ1n) is 5.70. The van der Waals surface area contributed by atoms with E-state index in [4.69, 9.17) is 0 Å². The molecule has 0 fully saturated rings. The Kier molecular flexibility index (Phi) is 5.35. The number of aliphatic hydroxyl groups excluding tert-OH is 1. The first-order chi connectivity index (χ1) is 7.88. The minimum absolute atomic E-state index is 0.0981. The quantitative estimate of drug-likeness (QED) is 0.726. The van der Waals surface area contributed by atoms with Gasteiger partial charge in [-0.1, -0.05) is 11.8 Å². The highest BCUT2D eigenvalue weighted by Crippen LogP contribution is 2.14. The highest BCUT2D eigenvalue weighted by Gasteiger charge is 2.11. The molecule has 1 aromatic heterocycles. The summed E-state index contributed by atoms with van der Waals surface area (Å²) in [5.74, 6) is 0.604. The van der Waals surface area contributed by atoms with E-state index in [1.54, 1.807) is 11.6 Å². The minimum Gasteiger partial charge on any atom is -0.393 e. The Bertz CT molecular complexity index is 334. The molecule has 0 saturated carbocycles. The van der Waals surface area contributed by atoms with Gasteiger partial charge in [-0.3, -0.25) is 0 Å². The molecule has 0 saturated heterocycles. The number of nitrogens with zero attached hydrogens (tertiary/aromatic N) is 4. The summed E-state index contributed by atoms with van der Waals surface area (Å²) in [7, 11) is 0. The number of nitrogens with one attached hydrogen (secondary N) is 1. The molecule has 0 spiro atoms. The number of thioether (sulfide) groups is 1. The van der Waals surface area contributed by atoms with Crippen LogP contribution in [0, 0.1) is 0 Å². The van der Waals surface area contributed by atoms with Gasteiger partial charge < -0.3 is 10.4 Å². The molecule has 98 valence electrons. The average molecular weight is 259 g/mol. The molecular formula is C10H21N5OS. The van der Waals surface area contributed by atoms with E-state index in [1.165, 1.54) is 11.8 Å². The van der Waals surface area contributed by atoms with Gasteiger partial charge >= 0.3 is 0 Å². The summed E-state index contributed by atoms with van der Waals surface area (Å²) >= 11 is 1.47. The maximum atomic E-state index is 9.21. The lowest BCUT2D eigenvalue weighted by Gasteiger charge is -2.20. The molecule has 2 N–H and O–H groups in total. The molecule has 6 nitrogen and oxygen atoms in total. The molecule has 1 unspecified atom stereocenters. The second-order valence-corrected chi connectivity index (χ2v) is 6.01. The number of aromatic nitrogens is 4. The topological polar surface area (TPSA) is 75.9 Å². The van der Waals surface area contributed by atoms with E-state index in [0.717, 1.165) is 18.2 Å². The number of tetrazole rings is 1. The molecule has 0 aliphatic rings. The van der Waals surface area contributed by atoms with Crippen molar-refractivity contribution < 1.29 is 5.11 Å². The number of rotatable bonds is 6. The smallest absolute Gasteiger partial charge is 0.209 e. The van der Waals surface area contributed by atoms with E-state index in [9.17, 15) is 5.11 Å². The third-order valence-electron chi connectivity index (χ3n) is 1.93. The Hall–Kier alpha value is -0.660. The fraction of sp³-hybridized carbons (Fsp3) is 0.900. The Morgan fingerprint density at radius 3 is 2.76 bits per heavy atom. The van der Waals surface area contributed by atoms with Gasteiger partial charge in [-0.15, -0.1) is 5.10 Å². The summed E-state index contributed by atoms with van der Waals surface area (Å²) in [6.07, 6.45) is -0.349. The zero-order valence-corrected chi connectivity index (χ0v) is 11.7. The zero-order valence-electron chi connectivity index (χ0n) is 10.8. The second-order valence-electron chi connectivity index (χ2n) is 5.02. The van der Waals surface area contributed by atoms with Crippen LogP contribution < -0.4 is 5.32 Å². The van der Waals surface area contributed by atoms with Crippen LogP contribution >= 0.6 is 11.8 Å². The Balaban J connectivity index is 2.40. The predicted molar refractivity (Wildman–Crippen MR) is 68.0 cm³/mol. The van der Waals surface area contributed by atoms with Crippen LogP contribution in [0.25, 0.3) is 0 Å². The second kappa shape index (κ2) is 6.32. The highest BCUT2D eigenvalue weighted by atomic mass is 32.2. The van der Waals surface area contributed by atoms with E-state index in [2.05, 4.69) is 41.6 Å². The van der Waals surface area contributed by atoms with Gasteiger partial charge in [0, 0.05) is 17.8 Å². The van der Waals surface area contributed by atoms with Crippen molar-refractivity contribution in [3.63, 3.8) is 0 Å². The lowest BCUT2D eigenvalue weighted by molar-refractivity contribution is 0.220. The molecule has 0 radical (unpaired) electrons. The van der Waals surface area contributed by atoms with Crippen LogP contribution in [0.2, 0.25) is 0 Å². The monoisotopic (exact) mass is 259 g/mol. The normalized spacial score (nSPS) is 13.9. The van der Waals surface area contributed by atoms with E-state index in [1.807, 2.05) is 0 Å². The van der Waals surface area contributed by atoms with Crippen molar-refractivity contribution >= 4 is 11.8 Å². The molecular weight excluding hydrogens is 238 g/mol. The van der Waals surface area contributed by atoms with Crippen molar-refractivity contribution in [2.24, 2.45) is 0 Å². The van der Waals surface area contributed by atoms with Crippen molar-refractivity contribution in [2.45, 2.75) is 51.0 Å². The summed E-state index contributed by atoms with van der Waals surface area (Å²) < 4.78 is 1.76. The predicted octanol–water partition coefficient (Wildman–Crippen LogP) is 0.534. The molecule has 0 aliphatic heterocycles. The summed E-state index contributed by atoms with van der Waals surface area (Å²) in [6.45, 7) is 9.66. The Morgan fingerprint density at radius 2 is 2.18 bits per heavy atom. The zero-order chi connectivity index (χ0) is 12.9. The Morgan fingerprint density at radius 1 is 1.47 bits per heavy atom. The van der Waals surface area contributed by atoms with Crippen LogP contribution in [-0.2, 0) is 6.54 Å². The van der Waals surface area contributed by atoms with Gasteiger partial charge in [-0.05, 0) is 38.1 Å². The van der Waals surface area contributed by atoms with Crippen molar-refractivity contribution in [2.75, 3.05) is 12.3 Å². The third kappa shape index (κ3) is 5.99. The standard InChI is InChI=1S/C10H21N5OS/c1-8(16)7-17-9-12-13-14-15(9)6-5-11-10(2,3)4/h8,11,16H,5-7H2,1-4H3. The Labute approximate surface area is 106 Å². The van der Waals surface area contributed by atoms with Gasteiger partial charge in [0.15, 0.2) is 0 Å². The fourth-order valence-corrected chi connectivity index (χ4v) is 1.93. The maximum absolute atomic E-state index is 9.21. The number of hydrogen-bond donors (Lipinski definition) is 2. The van der Waals surface area contributed by atoms with E-state index < -0.39 is 0 Å². The van der Waals surface area contributed by atoms with Crippen LogP contribution in [0.5, 0.6) is 0 Å². The molecule has 0 bridgehead atoms. The minimum atomic E-state index is -0.349. The lowest BCUT2D eigenvalue weighted by Crippen LogP contribution is -2.38. The molecule has 1 heterocycles. The van der Waals surface area contributed by atoms with Crippen LogP contribution in [0.3, 0.4) is 0 Å². The summed E-state index contributed by atoms with van der Waals surface area (Å²) in [4.78, 5) is 0. The van der Waals surface area contributed by atoms with E-state index >= 15 is 0 Å². The van der Waals surface area contributed by atoms with Gasteiger partial charge in [-0.2, -0.15) is 0 Å². The van der Waals surface area contributed by atoms with E-state index in [0.29, 0.717) is 5.75 Å². The molecule has 7 heteroatoms. The van der Waals surface area contributed by atoms with Crippen molar-refractivity contribution in [3.8, 4) is 0 Å². The lowest BCUT2D eigenvalue weighted by atomic mass is 10.1. The van der Waals surface area contributed by atoms with Crippen LogP contribution in [0.4, 0.5) is 0 Å². The molecule has 0 aliphatic carbocycles. The van der Waals surface area contributed by atoms with Crippen molar-refractivity contribution in [3.05, 3.63) is 0 Å². The molecule has 0 amide bonds. The summed E-state index contributed by atoms with van der Waals surface area (Å²) in [6, 6.07) is 0. The molecule has 1 atom stereocenters. The molecule has 17 heavy (non-hydrogen) atoms. The summed E-state index contributed by atoms with van der Waals surface area (Å²) in [5.41, 5.74) is 0.0981. The van der Waals surface area contributed by atoms with Crippen molar-refractivity contribution in [1.82, 2.24) is 25.5 Å². The van der Waals surface area contributed by atoms with Gasteiger partial charge in [0.25, 0.3) is 0 Å². The first-order valence-corrected chi connectivity index (χ1v) is 6.69. The highest BCUT2D eigenvalue weighted by molar-refractivity contribution is 7.99. The summed E-state index contributed by atoms with van der Waals surface area (Å²) in [5, 5.41) is 24.8. The first kappa shape index (κ1) is 14.4. The van der Waals surface area contributed by atoms with Gasteiger partial charge in [0.05, 0.1) is 12.6 Å². The van der Waals surface area contributed by atoms with Gasteiger partial charge in [0.1, 0.15) is 0 Å². The SMILES string of the molecule is CC(O)CSc1nnnn1CCNC(C)(C)C. The number of aliphatic hydroxyl groups is 1. The molecule has 0 aromatic carbocycles. The fourth-order valence-electron chi connectivity index (χ4n) is 1.17. The van der Waals surface area contributed by atoms with Crippen LogP contribution in [-0.4, -0.2) is 49.3 Å². The average Bonchev–Trinajstić information content (AvgIpc) is 2.60.